The molecule has 0 saturated carbocycles. The highest BCUT2D eigenvalue weighted by molar-refractivity contribution is 7.16. The van der Waals surface area contributed by atoms with Crippen LogP contribution in [0.15, 0.2) is 30.3 Å². The molecule has 1 aliphatic heterocycles. The highest BCUT2D eigenvalue weighted by Gasteiger charge is 2.29. The number of hydrogen-bond donors (Lipinski definition) is 1. The van der Waals surface area contributed by atoms with Gasteiger partial charge in [0.1, 0.15) is 0 Å². The molecular formula is C14H14N2O3S. The Balaban J connectivity index is 1.97. The fraction of sp³-hybridized carbons (Fsp3) is 0.286. The van der Waals surface area contributed by atoms with E-state index >= 15 is 0 Å². The minimum atomic E-state index is -0.683. The predicted octanol–water partition coefficient (Wildman–Crippen LogP) is 3.23. The third-order valence-corrected chi connectivity index (χ3v) is 4.80. The Kier molecular flexibility index (Phi) is 3.19. The van der Waals surface area contributed by atoms with Crippen LogP contribution in [0.3, 0.4) is 0 Å². The first-order chi connectivity index (χ1) is 9.56. The molecule has 6 heteroatoms. The molecule has 20 heavy (non-hydrogen) atoms. The van der Waals surface area contributed by atoms with Gasteiger partial charge in [0.05, 0.1) is 11.0 Å². The van der Waals surface area contributed by atoms with Crippen LogP contribution in [0.25, 0.3) is 0 Å². The second-order valence-electron chi connectivity index (χ2n) is 4.90. The standard InChI is InChI=1S/C14H14N2O3S/c1-9(17)13-6-12(16(18)19)14(20-13)15-7-10-4-2-3-5-11(10)8-15/h2-6,9,17H,7-8H2,1H3/t9-/m1/s1. The number of aliphatic hydroxyl groups is 1. The number of nitrogens with zero attached hydrogens (tertiary/aromatic N) is 2. The number of anilines is 1. The Bertz CT molecular complexity index is 641. The average molecular weight is 290 g/mol. The lowest BCUT2D eigenvalue weighted by Crippen LogP contribution is -2.14. The summed E-state index contributed by atoms with van der Waals surface area (Å²) in [6, 6.07) is 9.53. The molecule has 0 saturated heterocycles. The molecule has 3 rings (SSSR count). The van der Waals surface area contributed by atoms with E-state index < -0.39 is 6.10 Å². The van der Waals surface area contributed by atoms with Crippen molar-refractivity contribution in [3.63, 3.8) is 0 Å². The number of rotatable bonds is 3. The number of aliphatic hydroxyl groups excluding tert-OH is 1. The van der Waals surface area contributed by atoms with Crippen LogP contribution in [0.4, 0.5) is 10.7 Å². The summed E-state index contributed by atoms with van der Waals surface area (Å²) in [6.07, 6.45) is -0.683. The summed E-state index contributed by atoms with van der Waals surface area (Å²) in [4.78, 5) is 13.4. The van der Waals surface area contributed by atoms with Crippen molar-refractivity contribution in [3.05, 3.63) is 56.5 Å². The smallest absolute Gasteiger partial charge is 0.304 e. The molecule has 1 aromatic heterocycles. The molecule has 2 aromatic rings. The predicted molar refractivity (Wildman–Crippen MR) is 77.9 cm³/mol. The maximum atomic E-state index is 11.2. The largest absolute Gasteiger partial charge is 0.388 e. The summed E-state index contributed by atoms with van der Waals surface area (Å²) in [5.74, 6) is 0. The van der Waals surface area contributed by atoms with E-state index in [-0.39, 0.29) is 10.6 Å². The summed E-state index contributed by atoms with van der Waals surface area (Å²) >= 11 is 1.30. The lowest BCUT2D eigenvalue weighted by Gasteiger charge is -2.14. The second kappa shape index (κ2) is 4.88. The number of nitro groups is 1. The van der Waals surface area contributed by atoms with E-state index in [1.54, 1.807) is 6.92 Å². The van der Waals surface area contributed by atoms with Gasteiger partial charge in [0.25, 0.3) is 0 Å². The van der Waals surface area contributed by atoms with Crippen LogP contribution in [-0.2, 0) is 13.1 Å². The quantitative estimate of drug-likeness (QED) is 0.696. The SMILES string of the molecule is C[C@@H](O)c1cc([N+](=O)[O-])c(N2Cc3ccccc3C2)s1. The number of fused-ring (bicyclic) bond motifs is 1. The molecular weight excluding hydrogens is 276 g/mol. The van der Waals surface area contributed by atoms with Crippen molar-refractivity contribution >= 4 is 22.0 Å². The molecule has 1 atom stereocenters. The first-order valence-corrected chi connectivity index (χ1v) is 7.16. The van der Waals surface area contributed by atoms with Crippen LogP contribution in [0.5, 0.6) is 0 Å². The van der Waals surface area contributed by atoms with Gasteiger partial charge in [-0.25, -0.2) is 0 Å². The summed E-state index contributed by atoms with van der Waals surface area (Å²) < 4.78 is 0. The number of thiophene rings is 1. The zero-order valence-electron chi connectivity index (χ0n) is 10.9. The first kappa shape index (κ1) is 13.1. The van der Waals surface area contributed by atoms with Gasteiger partial charge in [-0.15, -0.1) is 11.3 Å². The fourth-order valence-electron chi connectivity index (χ4n) is 2.43. The van der Waals surface area contributed by atoms with Gasteiger partial charge in [-0.1, -0.05) is 24.3 Å². The van der Waals surface area contributed by atoms with Gasteiger partial charge >= 0.3 is 5.69 Å². The van der Waals surface area contributed by atoms with Crippen molar-refractivity contribution < 1.29 is 10.0 Å². The normalized spacial score (nSPS) is 15.2. The van der Waals surface area contributed by atoms with E-state index in [4.69, 9.17) is 0 Å². The van der Waals surface area contributed by atoms with Crippen molar-refractivity contribution in [2.45, 2.75) is 26.1 Å². The molecule has 1 N–H and O–H groups in total. The van der Waals surface area contributed by atoms with Crippen molar-refractivity contribution in [2.75, 3.05) is 4.90 Å². The lowest BCUT2D eigenvalue weighted by atomic mass is 10.1. The van der Waals surface area contributed by atoms with E-state index in [2.05, 4.69) is 0 Å². The summed E-state index contributed by atoms with van der Waals surface area (Å²) in [6.45, 7) is 2.98. The summed E-state index contributed by atoms with van der Waals surface area (Å²) in [7, 11) is 0. The first-order valence-electron chi connectivity index (χ1n) is 6.34. The molecule has 0 spiro atoms. The van der Waals surface area contributed by atoms with E-state index in [0.29, 0.717) is 23.0 Å². The molecule has 5 nitrogen and oxygen atoms in total. The van der Waals surface area contributed by atoms with Crippen LogP contribution in [-0.4, -0.2) is 10.0 Å². The monoisotopic (exact) mass is 290 g/mol. The van der Waals surface area contributed by atoms with Crippen LogP contribution >= 0.6 is 11.3 Å². The molecule has 0 aliphatic carbocycles. The highest BCUT2D eigenvalue weighted by Crippen LogP contribution is 2.43. The van der Waals surface area contributed by atoms with Gasteiger partial charge in [0.2, 0.25) is 0 Å². The topological polar surface area (TPSA) is 66.6 Å². The van der Waals surface area contributed by atoms with Crippen LogP contribution in [0.2, 0.25) is 0 Å². The van der Waals surface area contributed by atoms with Crippen LogP contribution < -0.4 is 4.90 Å². The minimum absolute atomic E-state index is 0.0821. The summed E-state index contributed by atoms with van der Waals surface area (Å²) in [5, 5.41) is 21.4. The highest BCUT2D eigenvalue weighted by atomic mass is 32.1. The van der Waals surface area contributed by atoms with Crippen molar-refractivity contribution in [1.82, 2.24) is 0 Å². The third kappa shape index (κ3) is 2.17. The van der Waals surface area contributed by atoms with Crippen LogP contribution in [0.1, 0.15) is 29.0 Å². The van der Waals surface area contributed by atoms with Gasteiger partial charge in [0.15, 0.2) is 5.00 Å². The minimum Gasteiger partial charge on any atom is -0.388 e. The zero-order valence-corrected chi connectivity index (χ0v) is 11.8. The molecule has 0 fully saturated rings. The van der Waals surface area contributed by atoms with Gasteiger partial charge < -0.3 is 10.0 Å². The van der Waals surface area contributed by atoms with Gasteiger partial charge in [-0.2, -0.15) is 0 Å². The van der Waals surface area contributed by atoms with Crippen molar-refractivity contribution in [2.24, 2.45) is 0 Å². The Hall–Kier alpha value is -1.92. The van der Waals surface area contributed by atoms with E-state index in [1.807, 2.05) is 29.2 Å². The lowest BCUT2D eigenvalue weighted by molar-refractivity contribution is -0.383. The molecule has 104 valence electrons. The van der Waals surface area contributed by atoms with Gasteiger partial charge in [-0.3, -0.25) is 10.1 Å². The molecule has 2 heterocycles. The van der Waals surface area contributed by atoms with E-state index in [0.717, 1.165) is 0 Å². The molecule has 0 radical (unpaired) electrons. The average Bonchev–Trinajstić information content (AvgIpc) is 3.02. The second-order valence-corrected chi connectivity index (χ2v) is 5.96. The van der Waals surface area contributed by atoms with Crippen molar-refractivity contribution in [1.29, 1.82) is 0 Å². The number of benzene rings is 1. The third-order valence-electron chi connectivity index (χ3n) is 3.45. The Labute approximate surface area is 120 Å². The molecule has 0 amide bonds. The maximum absolute atomic E-state index is 11.2. The van der Waals surface area contributed by atoms with Crippen molar-refractivity contribution in [3.8, 4) is 0 Å². The van der Waals surface area contributed by atoms with E-state index in [9.17, 15) is 15.2 Å². The van der Waals surface area contributed by atoms with Gasteiger partial charge in [-0.05, 0) is 18.1 Å². The zero-order chi connectivity index (χ0) is 14.3. The summed E-state index contributed by atoms with van der Waals surface area (Å²) in [5.41, 5.74) is 2.49. The number of hydrogen-bond acceptors (Lipinski definition) is 5. The van der Waals surface area contributed by atoms with E-state index in [1.165, 1.54) is 28.5 Å². The Morgan fingerprint density at radius 2 is 1.95 bits per heavy atom. The maximum Gasteiger partial charge on any atom is 0.304 e. The molecule has 0 unspecified atom stereocenters. The molecule has 1 aliphatic rings. The van der Waals surface area contributed by atoms with Gasteiger partial charge in [0, 0.05) is 24.0 Å². The molecule has 0 bridgehead atoms. The fourth-order valence-corrected chi connectivity index (χ4v) is 3.49. The van der Waals surface area contributed by atoms with Crippen LogP contribution in [0, 0.1) is 10.1 Å². The Morgan fingerprint density at radius 3 is 2.45 bits per heavy atom. The Morgan fingerprint density at radius 1 is 1.35 bits per heavy atom. The molecule has 1 aromatic carbocycles.